The number of hydrogen-bond donors (Lipinski definition) is 4. The number of thiol groups is 1. The Morgan fingerprint density at radius 2 is 2.50 bits per heavy atom. The van der Waals surface area contributed by atoms with Crippen LogP contribution in [-0.2, 0) is 9.59 Å². The second-order valence-electron chi connectivity index (χ2n) is 3.00. The van der Waals surface area contributed by atoms with Gasteiger partial charge >= 0.3 is 0 Å². The molecule has 16 heavy (non-hydrogen) atoms. The molecule has 1 rings (SSSR count). The fourth-order valence-electron chi connectivity index (χ4n) is 1.04. The van der Waals surface area contributed by atoms with Gasteiger partial charge in [-0.2, -0.15) is 12.6 Å². The highest BCUT2D eigenvalue weighted by Gasteiger charge is 2.21. The second-order valence-corrected chi connectivity index (χ2v) is 4.45. The van der Waals surface area contributed by atoms with Gasteiger partial charge in [-0.05, 0) is 0 Å². The third-order valence-corrected chi connectivity index (χ3v) is 3.08. The average Bonchev–Trinajstić information content (AvgIpc) is 2.77. The Hall–Kier alpha value is -1.12. The first-order valence-electron chi connectivity index (χ1n) is 4.46. The maximum atomic E-state index is 11.0. The third-order valence-electron chi connectivity index (χ3n) is 1.87. The molecule has 0 saturated carbocycles. The predicted molar refractivity (Wildman–Crippen MR) is 65.0 cm³/mol. The zero-order chi connectivity index (χ0) is 12.0. The molecule has 1 aromatic rings. The highest BCUT2D eigenvalue weighted by molar-refractivity contribution is 7.81. The molecule has 0 aliphatic carbocycles. The van der Waals surface area contributed by atoms with Crippen molar-refractivity contribution < 1.29 is 9.59 Å². The van der Waals surface area contributed by atoms with Gasteiger partial charge in [-0.1, -0.05) is 0 Å². The lowest BCUT2D eigenvalue weighted by atomic mass is 10.1. The Morgan fingerprint density at radius 1 is 1.75 bits per heavy atom. The van der Waals surface area contributed by atoms with Crippen molar-refractivity contribution in [2.45, 2.75) is 11.8 Å². The van der Waals surface area contributed by atoms with Gasteiger partial charge in [0.1, 0.15) is 6.29 Å². The molecule has 8 heteroatoms. The van der Waals surface area contributed by atoms with Crippen LogP contribution < -0.4 is 16.6 Å². The van der Waals surface area contributed by atoms with E-state index in [1.165, 1.54) is 11.3 Å². The number of nitrogens with two attached hydrogens (primary N) is 1. The summed E-state index contributed by atoms with van der Waals surface area (Å²) in [6.07, 6.45) is 2.30. The quantitative estimate of drug-likeness (QED) is 0.144. The molecule has 0 bridgehead atoms. The molecule has 1 heterocycles. The van der Waals surface area contributed by atoms with Gasteiger partial charge in [0.2, 0.25) is 5.91 Å². The zero-order valence-electron chi connectivity index (χ0n) is 8.29. The smallest absolute Gasteiger partial charge is 0.234 e. The number of nitrogens with one attached hydrogen (secondary N) is 2. The summed E-state index contributed by atoms with van der Waals surface area (Å²) in [4.78, 5) is 25.8. The minimum atomic E-state index is -0.559. The maximum absolute atomic E-state index is 11.0. The van der Waals surface area contributed by atoms with E-state index in [1.807, 2.05) is 5.43 Å². The summed E-state index contributed by atoms with van der Waals surface area (Å²) in [6.45, 7) is 0. The van der Waals surface area contributed by atoms with Crippen molar-refractivity contribution in [3.8, 4) is 0 Å². The second kappa shape index (κ2) is 6.46. The number of carbonyl (C=O) groups excluding carboxylic acids is 2. The molecule has 0 aliphatic rings. The van der Waals surface area contributed by atoms with Crippen molar-refractivity contribution in [1.82, 2.24) is 10.4 Å². The lowest BCUT2D eigenvalue weighted by Crippen LogP contribution is -2.35. The number of anilines is 1. The van der Waals surface area contributed by atoms with E-state index in [4.69, 9.17) is 5.84 Å². The molecule has 2 unspecified atom stereocenters. The molecule has 0 spiro atoms. The minimum absolute atomic E-state index is 0.00740. The maximum Gasteiger partial charge on any atom is 0.234 e. The molecule has 0 aliphatic heterocycles. The Balaban J connectivity index is 2.52. The molecule has 4 N–H and O–H groups in total. The average molecular weight is 260 g/mol. The number of thiazole rings is 1. The summed E-state index contributed by atoms with van der Waals surface area (Å²) in [5.41, 5.74) is 1.97. The summed E-state index contributed by atoms with van der Waals surface area (Å²) in [5, 5.41) is 4.90. The van der Waals surface area contributed by atoms with Crippen LogP contribution in [0, 0.1) is 5.92 Å². The summed E-state index contributed by atoms with van der Waals surface area (Å²) in [7, 11) is 0. The lowest BCUT2D eigenvalue weighted by Gasteiger charge is -2.17. The molecule has 88 valence electrons. The molecule has 2 atom stereocenters. The molecule has 0 fully saturated rings. The van der Waals surface area contributed by atoms with E-state index in [2.05, 4.69) is 22.9 Å². The normalized spacial score (nSPS) is 13.9. The lowest BCUT2D eigenvalue weighted by molar-refractivity contribution is -0.124. The van der Waals surface area contributed by atoms with Crippen molar-refractivity contribution in [3.05, 3.63) is 11.6 Å². The summed E-state index contributed by atoms with van der Waals surface area (Å²) in [6, 6.07) is 0. The molecule has 0 saturated heterocycles. The van der Waals surface area contributed by atoms with E-state index < -0.39 is 17.2 Å². The predicted octanol–water partition coefficient (Wildman–Crippen LogP) is 0.00600. The van der Waals surface area contributed by atoms with E-state index in [9.17, 15) is 9.59 Å². The zero-order valence-corrected chi connectivity index (χ0v) is 10.0. The first-order valence-corrected chi connectivity index (χ1v) is 5.85. The number of aldehydes is 1. The summed E-state index contributed by atoms with van der Waals surface area (Å²) < 4.78 is 0. The molecule has 1 aromatic heterocycles. The van der Waals surface area contributed by atoms with Gasteiger partial charge < -0.3 is 10.1 Å². The van der Waals surface area contributed by atoms with Crippen LogP contribution in [0.25, 0.3) is 0 Å². The monoisotopic (exact) mass is 260 g/mol. The van der Waals surface area contributed by atoms with Crippen LogP contribution in [0.2, 0.25) is 0 Å². The fourth-order valence-corrected chi connectivity index (χ4v) is 1.99. The number of carbonyl (C=O) groups is 2. The standard InChI is InChI=1S/C8H12N4O2S2/c9-12-6(14)3-5(4-13)7(15)11-8-10-1-2-16-8/h1-2,4-5,7,15H,3,9H2,(H,10,11)(H,12,14). The molecule has 1 amide bonds. The van der Waals surface area contributed by atoms with Crippen molar-refractivity contribution in [2.24, 2.45) is 11.8 Å². The number of hydrazine groups is 1. The van der Waals surface area contributed by atoms with Crippen LogP contribution in [0.15, 0.2) is 11.6 Å². The first kappa shape index (κ1) is 12.9. The Bertz CT molecular complexity index is 344. The van der Waals surface area contributed by atoms with Crippen LogP contribution >= 0.6 is 24.0 Å². The summed E-state index contributed by atoms with van der Waals surface area (Å²) in [5.74, 6) is 3.98. The minimum Gasteiger partial charge on any atom is -0.349 e. The largest absolute Gasteiger partial charge is 0.349 e. The number of nitrogens with zero attached hydrogens (tertiary/aromatic N) is 1. The van der Waals surface area contributed by atoms with Gasteiger partial charge in [-0.3, -0.25) is 10.2 Å². The van der Waals surface area contributed by atoms with E-state index in [-0.39, 0.29) is 6.42 Å². The van der Waals surface area contributed by atoms with Crippen molar-refractivity contribution >= 4 is 41.3 Å². The first-order chi connectivity index (χ1) is 7.67. The van der Waals surface area contributed by atoms with E-state index in [1.54, 1.807) is 11.6 Å². The van der Waals surface area contributed by atoms with Crippen LogP contribution in [0.1, 0.15) is 6.42 Å². The molecule has 6 nitrogen and oxygen atoms in total. The highest BCUT2D eigenvalue weighted by Crippen LogP contribution is 2.18. The van der Waals surface area contributed by atoms with Crippen molar-refractivity contribution in [2.75, 3.05) is 5.32 Å². The topological polar surface area (TPSA) is 97.1 Å². The number of aromatic nitrogens is 1. The van der Waals surface area contributed by atoms with Gasteiger partial charge in [0.05, 0.1) is 11.3 Å². The van der Waals surface area contributed by atoms with Gasteiger partial charge in [0, 0.05) is 18.0 Å². The Labute approximate surface area is 102 Å². The number of amides is 1. The van der Waals surface area contributed by atoms with Gasteiger partial charge in [0.25, 0.3) is 0 Å². The number of hydrogen-bond acceptors (Lipinski definition) is 7. The van der Waals surface area contributed by atoms with Crippen LogP contribution in [0.3, 0.4) is 0 Å². The molecule has 0 aromatic carbocycles. The summed E-state index contributed by atoms with van der Waals surface area (Å²) >= 11 is 5.60. The fraction of sp³-hybridized carbons (Fsp3) is 0.375. The third kappa shape index (κ3) is 3.80. The van der Waals surface area contributed by atoms with E-state index in [0.717, 1.165) is 0 Å². The SMILES string of the molecule is NNC(=O)CC(C=O)C(S)Nc1nccs1. The Morgan fingerprint density at radius 3 is 3.00 bits per heavy atom. The van der Waals surface area contributed by atoms with Gasteiger partial charge in [-0.25, -0.2) is 10.8 Å². The van der Waals surface area contributed by atoms with E-state index in [0.29, 0.717) is 11.4 Å². The molecular weight excluding hydrogens is 248 g/mol. The van der Waals surface area contributed by atoms with Crippen molar-refractivity contribution in [1.29, 1.82) is 0 Å². The number of rotatable bonds is 6. The highest BCUT2D eigenvalue weighted by atomic mass is 32.1. The van der Waals surface area contributed by atoms with E-state index >= 15 is 0 Å². The molecule has 0 radical (unpaired) electrons. The van der Waals surface area contributed by atoms with Gasteiger partial charge in [0.15, 0.2) is 5.13 Å². The van der Waals surface area contributed by atoms with Crippen LogP contribution in [-0.4, -0.2) is 22.6 Å². The van der Waals surface area contributed by atoms with Crippen LogP contribution in [0.4, 0.5) is 5.13 Å². The Kier molecular flexibility index (Phi) is 5.23. The van der Waals surface area contributed by atoms with Crippen LogP contribution in [0.5, 0.6) is 0 Å². The molecular formula is C8H12N4O2S2. The van der Waals surface area contributed by atoms with Gasteiger partial charge in [-0.15, -0.1) is 11.3 Å². The van der Waals surface area contributed by atoms with Crippen molar-refractivity contribution in [3.63, 3.8) is 0 Å².